The quantitative estimate of drug-likeness (QED) is 0.864. The summed E-state index contributed by atoms with van der Waals surface area (Å²) in [6.45, 7) is 3.98. The summed E-state index contributed by atoms with van der Waals surface area (Å²) >= 11 is 0. The molecule has 146 valence electrons. The Morgan fingerprint density at radius 1 is 1.11 bits per heavy atom. The zero-order chi connectivity index (χ0) is 18.9. The van der Waals surface area contributed by atoms with Crippen molar-refractivity contribution >= 4 is 11.8 Å². The van der Waals surface area contributed by atoms with Crippen molar-refractivity contribution in [3.8, 4) is 0 Å². The molecule has 1 aromatic rings. The normalized spacial score (nSPS) is 28.9. The monoisotopic (exact) mass is 368 g/mol. The topological polar surface area (TPSA) is 49.4 Å². The van der Waals surface area contributed by atoms with Crippen LogP contribution in [-0.2, 0) is 16.0 Å². The van der Waals surface area contributed by atoms with E-state index in [2.05, 4.69) is 29.3 Å². The third-order valence-electron chi connectivity index (χ3n) is 7.28. The number of nitrogens with zero attached hydrogens (tertiary/aromatic N) is 1. The Hall–Kier alpha value is -1.84. The zero-order valence-corrected chi connectivity index (χ0v) is 16.5. The number of carbonyl (C=O) groups is 2. The highest BCUT2D eigenvalue weighted by atomic mass is 16.2. The summed E-state index contributed by atoms with van der Waals surface area (Å²) in [6, 6.07) is 10.5. The summed E-state index contributed by atoms with van der Waals surface area (Å²) in [6.07, 6.45) is 7.87. The van der Waals surface area contributed by atoms with E-state index >= 15 is 0 Å². The Bertz CT molecular complexity index is 673. The van der Waals surface area contributed by atoms with Crippen LogP contribution in [-0.4, -0.2) is 35.8 Å². The van der Waals surface area contributed by atoms with Crippen molar-refractivity contribution in [2.45, 2.75) is 64.3 Å². The van der Waals surface area contributed by atoms with Crippen LogP contribution in [0.15, 0.2) is 30.3 Å². The predicted molar refractivity (Wildman–Crippen MR) is 106 cm³/mol. The van der Waals surface area contributed by atoms with Gasteiger partial charge in [0.15, 0.2) is 0 Å². The Kier molecular flexibility index (Phi) is 5.25. The van der Waals surface area contributed by atoms with Gasteiger partial charge in [-0.2, -0.15) is 0 Å². The minimum Gasteiger partial charge on any atom is -0.353 e. The van der Waals surface area contributed by atoms with Gasteiger partial charge in [-0.3, -0.25) is 9.59 Å². The SMILES string of the molecule is CC1CC(C(=O)N2CCC3(CCC3NC(=O)CCc3ccccc3)CC2)C1. The molecule has 1 N–H and O–H groups in total. The molecule has 3 aliphatic rings. The van der Waals surface area contributed by atoms with Crippen LogP contribution in [0.2, 0.25) is 0 Å². The number of aryl methyl sites for hydroxylation is 1. The summed E-state index contributed by atoms with van der Waals surface area (Å²) in [4.78, 5) is 27.1. The van der Waals surface area contributed by atoms with Crippen LogP contribution in [0, 0.1) is 17.3 Å². The van der Waals surface area contributed by atoms with Crippen molar-refractivity contribution in [1.82, 2.24) is 10.2 Å². The first-order valence-corrected chi connectivity index (χ1v) is 10.7. The molecule has 3 fully saturated rings. The molecule has 1 unspecified atom stereocenters. The van der Waals surface area contributed by atoms with Crippen molar-refractivity contribution in [2.24, 2.45) is 17.3 Å². The fourth-order valence-corrected chi connectivity index (χ4v) is 5.22. The molecular weight excluding hydrogens is 336 g/mol. The van der Waals surface area contributed by atoms with Gasteiger partial charge in [-0.15, -0.1) is 0 Å². The van der Waals surface area contributed by atoms with E-state index in [0.29, 0.717) is 18.4 Å². The van der Waals surface area contributed by atoms with Crippen molar-refractivity contribution in [3.05, 3.63) is 35.9 Å². The fourth-order valence-electron chi connectivity index (χ4n) is 5.22. The summed E-state index contributed by atoms with van der Waals surface area (Å²) in [5, 5.41) is 3.30. The summed E-state index contributed by atoms with van der Waals surface area (Å²) in [5.41, 5.74) is 1.46. The number of piperidine rings is 1. The molecule has 0 aromatic heterocycles. The molecule has 1 aliphatic heterocycles. The van der Waals surface area contributed by atoms with Crippen LogP contribution >= 0.6 is 0 Å². The van der Waals surface area contributed by atoms with Gasteiger partial charge in [0.05, 0.1) is 0 Å². The van der Waals surface area contributed by atoms with Gasteiger partial charge in [-0.1, -0.05) is 37.3 Å². The van der Waals surface area contributed by atoms with E-state index in [9.17, 15) is 9.59 Å². The van der Waals surface area contributed by atoms with Crippen molar-refractivity contribution in [1.29, 1.82) is 0 Å². The van der Waals surface area contributed by atoms with E-state index in [4.69, 9.17) is 0 Å². The second-order valence-electron chi connectivity index (χ2n) is 9.11. The number of amides is 2. The maximum Gasteiger partial charge on any atom is 0.225 e. The third kappa shape index (κ3) is 3.90. The van der Waals surface area contributed by atoms with Gasteiger partial charge in [-0.05, 0) is 61.8 Å². The molecule has 0 bridgehead atoms. The molecule has 4 heteroatoms. The first-order chi connectivity index (χ1) is 13.1. The highest BCUT2D eigenvalue weighted by Crippen LogP contribution is 2.49. The van der Waals surface area contributed by atoms with Gasteiger partial charge in [0, 0.05) is 31.5 Å². The molecule has 2 saturated carbocycles. The number of carbonyl (C=O) groups excluding carboxylic acids is 2. The maximum absolute atomic E-state index is 12.6. The van der Waals surface area contributed by atoms with Gasteiger partial charge in [0.25, 0.3) is 0 Å². The van der Waals surface area contributed by atoms with Gasteiger partial charge in [0.1, 0.15) is 0 Å². The van der Waals surface area contributed by atoms with E-state index < -0.39 is 0 Å². The van der Waals surface area contributed by atoms with Crippen LogP contribution in [0.3, 0.4) is 0 Å². The molecule has 1 saturated heterocycles. The van der Waals surface area contributed by atoms with Gasteiger partial charge in [0.2, 0.25) is 11.8 Å². The lowest BCUT2D eigenvalue weighted by Gasteiger charge is -2.54. The van der Waals surface area contributed by atoms with E-state index in [-0.39, 0.29) is 17.2 Å². The summed E-state index contributed by atoms with van der Waals surface area (Å²) < 4.78 is 0. The number of rotatable bonds is 5. The van der Waals surface area contributed by atoms with Crippen LogP contribution < -0.4 is 5.32 Å². The van der Waals surface area contributed by atoms with Crippen LogP contribution in [0.4, 0.5) is 0 Å². The third-order valence-corrected chi connectivity index (χ3v) is 7.28. The average Bonchev–Trinajstić information content (AvgIpc) is 2.67. The van der Waals surface area contributed by atoms with Crippen molar-refractivity contribution < 1.29 is 9.59 Å². The molecule has 1 heterocycles. The molecule has 0 radical (unpaired) electrons. The fraction of sp³-hybridized carbons (Fsp3) is 0.652. The minimum absolute atomic E-state index is 0.171. The molecule has 1 atom stereocenters. The standard InChI is InChI=1S/C23H32N2O2/c1-17-15-19(16-17)22(27)25-13-11-23(12-14-25)10-9-20(23)24-21(26)8-7-18-5-3-2-4-6-18/h2-6,17,19-20H,7-16H2,1H3,(H,24,26). The van der Waals surface area contributed by atoms with Crippen LogP contribution in [0.1, 0.15) is 57.4 Å². The number of hydrogen-bond donors (Lipinski definition) is 1. The zero-order valence-electron chi connectivity index (χ0n) is 16.5. The van der Waals surface area contributed by atoms with E-state index in [1.807, 2.05) is 18.2 Å². The molecule has 2 aliphatic carbocycles. The molecule has 4 nitrogen and oxygen atoms in total. The molecule has 4 rings (SSSR count). The lowest BCUT2D eigenvalue weighted by atomic mass is 9.59. The Morgan fingerprint density at radius 2 is 1.81 bits per heavy atom. The maximum atomic E-state index is 12.6. The van der Waals surface area contributed by atoms with Crippen molar-refractivity contribution in [2.75, 3.05) is 13.1 Å². The summed E-state index contributed by atoms with van der Waals surface area (Å²) in [5.74, 6) is 1.55. The van der Waals surface area contributed by atoms with Gasteiger partial charge in [-0.25, -0.2) is 0 Å². The van der Waals surface area contributed by atoms with Gasteiger partial charge < -0.3 is 10.2 Å². The molecule has 1 spiro atoms. The van der Waals surface area contributed by atoms with E-state index in [0.717, 1.165) is 57.5 Å². The second-order valence-corrected chi connectivity index (χ2v) is 9.11. The number of likely N-dealkylation sites (tertiary alicyclic amines) is 1. The first kappa shape index (κ1) is 18.5. The van der Waals surface area contributed by atoms with Gasteiger partial charge >= 0.3 is 0 Å². The van der Waals surface area contributed by atoms with Crippen molar-refractivity contribution in [3.63, 3.8) is 0 Å². The Labute approximate surface area is 162 Å². The Balaban J connectivity index is 1.23. The van der Waals surface area contributed by atoms with E-state index in [1.165, 1.54) is 12.0 Å². The number of benzene rings is 1. The van der Waals surface area contributed by atoms with E-state index in [1.54, 1.807) is 0 Å². The molecule has 27 heavy (non-hydrogen) atoms. The smallest absolute Gasteiger partial charge is 0.225 e. The highest BCUT2D eigenvalue weighted by molar-refractivity contribution is 5.80. The van der Waals surface area contributed by atoms with Crippen LogP contribution in [0.25, 0.3) is 0 Å². The number of nitrogens with one attached hydrogen (secondary N) is 1. The Morgan fingerprint density at radius 3 is 2.41 bits per heavy atom. The largest absolute Gasteiger partial charge is 0.353 e. The summed E-state index contributed by atoms with van der Waals surface area (Å²) in [7, 11) is 0. The lowest BCUT2D eigenvalue weighted by Crippen LogP contribution is -2.60. The predicted octanol–water partition coefficient (Wildman–Crippen LogP) is 3.55. The lowest BCUT2D eigenvalue weighted by molar-refractivity contribution is -0.144. The molecule has 2 amide bonds. The number of hydrogen-bond acceptors (Lipinski definition) is 2. The minimum atomic E-state index is 0.171. The second kappa shape index (κ2) is 7.65. The van der Waals surface area contributed by atoms with Crippen LogP contribution in [0.5, 0.6) is 0 Å². The average molecular weight is 369 g/mol. The first-order valence-electron chi connectivity index (χ1n) is 10.7. The highest BCUT2D eigenvalue weighted by Gasteiger charge is 2.49. The molecule has 1 aromatic carbocycles. The molecular formula is C23H32N2O2.